The molecule has 1 amide bonds. The summed E-state index contributed by atoms with van der Waals surface area (Å²) in [5.74, 6) is 4.72. The van der Waals surface area contributed by atoms with E-state index in [0.29, 0.717) is 6.61 Å². The van der Waals surface area contributed by atoms with Crippen LogP contribution in [0.25, 0.3) is 0 Å². The highest BCUT2D eigenvalue weighted by atomic mass is 16.6. The van der Waals surface area contributed by atoms with Crippen molar-refractivity contribution < 1.29 is 19.6 Å². The molecule has 1 aliphatic rings. The summed E-state index contributed by atoms with van der Waals surface area (Å²) in [7, 11) is 0. The summed E-state index contributed by atoms with van der Waals surface area (Å²) in [6, 6.07) is 3.77. The topological polar surface area (TPSA) is 131 Å². The lowest BCUT2D eigenvalue weighted by Crippen LogP contribution is -2.50. The first-order valence-electron chi connectivity index (χ1n) is 6.33. The maximum Gasteiger partial charge on any atom is 0.306 e. The molecule has 1 saturated heterocycles. The lowest BCUT2D eigenvalue weighted by atomic mass is 10.1. The average Bonchev–Trinajstić information content (AvgIpc) is 2.53. The van der Waals surface area contributed by atoms with Gasteiger partial charge in [-0.2, -0.15) is 0 Å². The van der Waals surface area contributed by atoms with Crippen molar-refractivity contribution in [1.29, 1.82) is 0 Å². The minimum Gasteiger partial charge on any atom is -0.394 e. The van der Waals surface area contributed by atoms with Gasteiger partial charge in [0.25, 0.3) is 5.91 Å². The first-order valence-corrected chi connectivity index (χ1v) is 6.33. The number of nitrogen functional groups attached to an aromatic ring is 1. The second-order valence-electron chi connectivity index (χ2n) is 4.51. The number of morpholine rings is 1. The van der Waals surface area contributed by atoms with E-state index in [-0.39, 0.29) is 36.7 Å². The summed E-state index contributed by atoms with van der Waals surface area (Å²) in [6.45, 7) is 0.519. The number of hydrazine groups is 1. The Labute approximate surface area is 120 Å². The third kappa shape index (κ3) is 2.94. The predicted octanol–water partition coefficient (Wildman–Crippen LogP) is -0.286. The number of amides is 1. The van der Waals surface area contributed by atoms with Gasteiger partial charge < -0.3 is 20.2 Å². The molecule has 0 aliphatic carbocycles. The number of carbonyl (C=O) groups excluding carboxylic acids is 1. The number of hydrogen-bond acceptors (Lipinski definition) is 7. The minimum absolute atomic E-state index is 0.0552. The van der Waals surface area contributed by atoms with Gasteiger partial charge in [0.05, 0.1) is 30.8 Å². The number of nitrogens with zero attached hydrogens (tertiary/aromatic N) is 2. The Balaban J connectivity index is 2.40. The number of rotatable bonds is 4. The van der Waals surface area contributed by atoms with E-state index in [0.717, 1.165) is 0 Å². The zero-order valence-corrected chi connectivity index (χ0v) is 11.2. The van der Waals surface area contributed by atoms with Crippen molar-refractivity contribution in [1.82, 2.24) is 4.90 Å². The molecular weight excluding hydrogens is 280 g/mol. The Morgan fingerprint density at radius 3 is 3.00 bits per heavy atom. The number of hydrogen-bond donors (Lipinski definition) is 3. The van der Waals surface area contributed by atoms with Crippen LogP contribution in [0.5, 0.6) is 0 Å². The number of nitro benzene ring substituents is 1. The fraction of sp³-hybridized carbons (Fsp3) is 0.417. The summed E-state index contributed by atoms with van der Waals surface area (Å²) in [6.07, 6.45) is 0. The summed E-state index contributed by atoms with van der Waals surface area (Å²) in [4.78, 5) is 24.5. The number of aliphatic hydroxyl groups is 1. The zero-order chi connectivity index (χ0) is 15.4. The second kappa shape index (κ2) is 6.48. The van der Waals surface area contributed by atoms with Crippen LogP contribution >= 0.6 is 0 Å². The van der Waals surface area contributed by atoms with Crippen molar-refractivity contribution in [3.05, 3.63) is 33.9 Å². The standard InChI is InChI=1S/C12H16N4O5/c13-14-10-3-1-2-9(11(10)16(19)20)12(18)15-4-5-21-7-8(15)6-17/h1-3,8,14,17H,4-7,13H2. The maximum atomic E-state index is 12.5. The minimum atomic E-state index is -0.656. The fourth-order valence-corrected chi connectivity index (χ4v) is 2.26. The summed E-state index contributed by atoms with van der Waals surface area (Å²) in [5, 5.41) is 20.5. The second-order valence-corrected chi connectivity index (χ2v) is 4.51. The van der Waals surface area contributed by atoms with E-state index in [9.17, 15) is 20.0 Å². The molecule has 2 rings (SSSR count). The van der Waals surface area contributed by atoms with Crippen LogP contribution in [-0.2, 0) is 4.74 Å². The Bertz CT molecular complexity index is 550. The third-order valence-corrected chi connectivity index (χ3v) is 3.30. The van der Waals surface area contributed by atoms with E-state index in [4.69, 9.17) is 10.6 Å². The predicted molar refractivity (Wildman–Crippen MR) is 73.6 cm³/mol. The average molecular weight is 296 g/mol. The Kier molecular flexibility index (Phi) is 4.68. The van der Waals surface area contributed by atoms with Crippen molar-refractivity contribution in [2.75, 3.05) is 31.8 Å². The van der Waals surface area contributed by atoms with E-state index in [1.165, 1.54) is 23.1 Å². The SMILES string of the molecule is NNc1cccc(C(=O)N2CCOCC2CO)c1[N+](=O)[O-]. The Morgan fingerprint density at radius 1 is 1.62 bits per heavy atom. The van der Waals surface area contributed by atoms with Gasteiger partial charge in [0.15, 0.2) is 0 Å². The highest BCUT2D eigenvalue weighted by Gasteiger charge is 2.32. The summed E-state index contributed by atoms with van der Waals surface area (Å²) >= 11 is 0. The Hall–Kier alpha value is -2.23. The first kappa shape index (κ1) is 15.2. The number of carbonyl (C=O) groups is 1. The van der Waals surface area contributed by atoms with E-state index >= 15 is 0 Å². The number of aliphatic hydroxyl groups excluding tert-OH is 1. The lowest BCUT2D eigenvalue weighted by Gasteiger charge is -2.34. The fourth-order valence-electron chi connectivity index (χ4n) is 2.26. The van der Waals surface area contributed by atoms with Crippen molar-refractivity contribution in [2.45, 2.75) is 6.04 Å². The first-order chi connectivity index (χ1) is 10.1. The van der Waals surface area contributed by atoms with Crippen LogP contribution in [0.2, 0.25) is 0 Å². The van der Waals surface area contributed by atoms with Gasteiger partial charge in [-0.15, -0.1) is 0 Å². The van der Waals surface area contributed by atoms with Crippen LogP contribution in [0.4, 0.5) is 11.4 Å². The molecule has 9 heteroatoms. The molecule has 1 aliphatic heterocycles. The molecule has 1 unspecified atom stereocenters. The van der Waals surface area contributed by atoms with E-state index < -0.39 is 16.9 Å². The molecule has 4 N–H and O–H groups in total. The van der Waals surface area contributed by atoms with Gasteiger partial charge in [-0.1, -0.05) is 6.07 Å². The van der Waals surface area contributed by atoms with Gasteiger partial charge in [0.1, 0.15) is 11.3 Å². The third-order valence-electron chi connectivity index (χ3n) is 3.30. The number of nitrogens with one attached hydrogen (secondary N) is 1. The maximum absolute atomic E-state index is 12.5. The van der Waals surface area contributed by atoms with Crippen LogP contribution in [-0.4, -0.2) is 53.2 Å². The van der Waals surface area contributed by atoms with E-state index in [2.05, 4.69) is 5.43 Å². The van der Waals surface area contributed by atoms with Crippen LogP contribution in [0.3, 0.4) is 0 Å². The molecule has 0 bridgehead atoms. The summed E-state index contributed by atoms with van der Waals surface area (Å²) < 4.78 is 5.19. The molecular formula is C12H16N4O5. The molecule has 0 spiro atoms. The van der Waals surface area contributed by atoms with Crippen molar-refractivity contribution in [3.8, 4) is 0 Å². The van der Waals surface area contributed by atoms with Crippen LogP contribution in [0.1, 0.15) is 10.4 Å². The smallest absolute Gasteiger partial charge is 0.306 e. The van der Waals surface area contributed by atoms with Crippen molar-refractivity contribution in [2.24, 2.45) is 5.84 Å². The van der Waals surface area contributed by atoms with Crippen LogP contribution < -0.4 is 11.3 Å². The highest BCUT2D eigenvalue weighted by molar-refractivity contribution is 6.00. The molecule has 1 atom stereocenters. The zero-order valence-electron chi connectivity index (χ0n) is 11.2. The molecule has 114 valence electrons. The monoisotopic (exact) mass is 296 g/mol. The van der Waals surface area contributed by atoms with Crippen LogP contribution in [0.15, 0.2) is 18.2 Å². The number of benzene rings is 1. The molecule has 1 fully saturated rings. The van der Waals surface area contributed by atoms with Crippen molar-refractivity contribution in [3.63, 3.8) is 0 Å². The van der Waals surface area contributed by atoms with Gasteiger partial charge in [-0.3, -0.25) is 20.8 Å². The molecule has 1 aromatic rings. The number of nitro groups is 1. The van der Waals surface area contributed by atoms with E-state index in [1.54, 1.807) is 0 Å². The van der Waals surface area contributed by atoms with Gasteiger partial charge in [-0.05, 0) is 12.1 Å². The quantitative estimate of drug-likeness (QED) is 0.395. The molecule has 21 heavy (non-hydrogen) atoms. The number of ether oxygens (including phenoxy) is 1. The number of anilines is 1. The summed E-state index contributed by atoms with van der Waals surface area (Å²) in [5.41, 5.74) is 1.81. The molecule has 1 heterocycles. The molecule has 9 nitrogen and oxygen atoms in total. The van der Waals surface area contributed by atoms with Gasteiger partial charge in [-0.25, -0.2) is 0 Å². The Morgan fingerprint density at radius 2 is 2.38 bits per heavy atom. The normalized spacial score (nSPS) is 18.4. The largest absolute Gasteiger partial charge is 0.394 e. The molecule has 0 saturated carbocycles. The van der Waals surface area contributed by atoms with E-state index in [1.807, 2.05) is 0 Å². The van der Waals surface area contributed by atoms with Crippen molar-refractivity contribution >= 4 is 17.3 Å². The van der Waals surface area contributed by atoms with Gasteiger partial charge in [0.2, 0.25) is 0 Å². The number of nitrogens with two attached hydrogens (primary N) is 1. The number of para-hydroxylation sites is 1. The molecule has 1 aromatic carbocycles. The highest BCUT2D eigenvalue weighted by Crippen LogP contribution is 2.29. The molecule has 0 radical (unpaired) electrons. The lowest BCUT2D eigenvalue weighted by molar-refractivity contribution is -0.384. The molecule has 0 aromatic heterocycles. The van der Waals surface area contributed by atoms with Gasteiger partial charge in [0, 0.05) is 6.54 Å². The van der Waals surface area contributed by atoms with Crippen LogP contribution in [0, 0.1) is 10.1 Å². The van der Waals surface area contributed by atoms with Gasteiger partial charge >= 0.3 is 5.69 Å².